The molecule has 0 N–H and O–H groups in total. The largest absolute Gasteiger partial charge is 0.260 e. The van der Waals surface area contributed by atoms with E-state index in [1.165, 1.54) is 0 Å². The van der Waals surface area contributed by atoms with E-state index in [-0.39, 0.29) is 0 Å². The summed E-state index contributed by atoms with van der Waals surface area (Å²) in [5.41, 5.74) is 0. The maximum absolute atomic E-state index is 10.9. The summed E-state index contributed by atoms with van der Waals surface area (Å²) in [6, 6.07) is 0. The van der Waals surface area contributed by atoms with Gasteiger partial charge in [-0.05, 0) is 18.3 Å². The van der Waals surface area contributed by atoms with Crippen LogP contribution in [0.3, 0.4) is 0 Å². The van der Waals surface area contributed by atoms with Gasteiger partial charge < -0.3 is 0 Å². The van der Waals surface area contributed by atoms with Crippen LogP contribution in [-0.2, 0) is 10.8 Å². The molecule has 1 aliphatic heterocycles. The first-order chi connectivity index (χ1) is 4.20. The Bertz CT molecular complexity index is 122. The van der Waals surface area contributed by atoms with Crippen LogP contribution in [0.15, 0.2) is 0 Å². The van der Waals surface area contributed by atoms with Gasteiger partial charge in [-0.15, -0.1) is 0 Å². The highest BCUT2D eigenvalue weighted by atomic mass is 32.2. The summed E-state index contributed by atoms with van der Waals surface area (Å²) < 4.78 is 10.9. The molecule has 1 nitrogen and oxygen atoms in total. The lowest BCUT2D eigenvalue weighted by Gasteiger charge is -2.24. The second-order valence-electron chi connectivity index (χ2n) is 3.05. The van der Waals surface area contributed by atoms with Gasteiger partial charge in [-0.25, -0.2) is 0 Å². The fraction of sp³-hybridized carbons (Fsp3) is 1.00. The molecule has 2 heteroatoms. The van der Waals surface area contributed by atoms with E-state index in [1.807, 2.05) is 0 Å². The van der Waals surface area contributed by atoms with E-state index in [0.29, 0.717) is 5.92 Å². The molecule has 1 aliphatic rings. The lowest BCUT2D eigenvalue weighted by Crippen LogP contribution is -2.25. The van der Waals surface area contributed by atoms with Crippen LogP contribution in [0.4, 0.5) is 0 Å². The molecule has 3 unspecified atom stereocenters. The predicted octanol–water partition coefficient (Wildman–Crippen LogP) is 1.41. The van der Waals surface area contributed by atoms with Gasteiger partial charge in [0.25, 0.3) is 0 Å². The monoisotopic (exact) mass is 146 g/mol. The van der Waals surface area contributed by atoms with Crippen molar-refractivity contribution in [3.8, 4) is 0 Å². The minimum absolute atomic E-state index is 0.491. The van der Waals surface area contributed by atoms with E-state index < -0.39 is 10.8 Å². The zero-order valence-corrected chi connectivity index (χ0v) is 6.91. The Labute approximate surface area is 59.3 Å². The van der Waals surface area contributed by atoms with Crippen molar-refractivity contribution in [2.45, 2.75) is 20.3 Å². The van der Waals surface area contributed by atoms with Crippen molar-refractivity contribution in [2.75, 3.05) is 11.5 Å². The van der Waals surface area contributed by atoms with Crippen LogP contribution in [-0.4, -0.2) is 15.7 Å². The summed E-state index contributed by atoms with van der Waals surface area (Å²) in [7, 11) is -0.491. The minimum atomic E-state index is -0.491. The van der Waals surface area contributed by atoms with Crippen molar-refractivity contribution in [2.24, 2.45) is 11.8 Å². The van der Waals surface area contributed by atoms with Gasteiger partial charge in [-0.1, -0.05) is 13.8 Å². The van der Waals surface area contributed by atoms with Crippen LogP contribution in [0, 0.1) is 11.8 Å². The first-order valence-electron chi connectivity index (χ1n) is 3.55. The lowest BCUT2D eigenvalue weighted by atomic mass is 9.95. The third-order valence-electron chi connectivity index (χ3n) is 2.22. The minimum Gasteiger partial charge on any atom is -0.260 e. The summed E-state index contributed by atoms with van der Waals surface area (Å²) in [6.07, 6.45) is 1.16. The van der Waals surface area contributed by atoms with E-state index in [1.54, 1.807) is 0 Å². The van der Waals surface area contributed by atoms with Crippen LogP contribution >= 0.6 is 0 Å². The second-order valence-corrected chi connectivity index (χ2v) is 4.68. The van der Waals surface area contributed by atoms with E-state index >= 15 is 0 Å². The van der Waals surface area contributed by atoms with Gasteiger partial charge in [0.2, 0.25) is 0 Å². The Hall–Kier alpha value is 0.150. The summed E-state index contributed by atoms with van der Waals surface area (Å²) in [4.78, 5) is 0. The normalized spacial score (nSPS) is 44.9. The van der Waals surface area contributed by atoms with Gasteiger partial charge in [-0.2, -0.15) is 0 Å². The Morgan fingerprint density at radius 1 is 1.33 bits per heavy atom. The summed E-state index contributed by atoms with van der Waals surface area (Å²) >= 11 is 0. The molecular formula is C7H14OS. The average molecular weight is 146 g/mol. The van der Waals surface area contributed by atoms with E-state index in [0.717, 1.165) is 23.8 Å². The van der Waals surface area contributed by atoms with Crippen molar-refractivity contribution < 1.29 is 4.21 Å². The predicted molar refractivity (Wildman–Crippen MR) is 40.8 cm³/mol. The molecule has 0 aromatic rings. The zero-order chi connectivity index (χ0) is 6.85. The fourth-order valence-electron chi connectivity index (χ4n) is 1.14. The van der Waals surface area contributed by atoms with Gasteiger partial charge in [-0.3, -0.25) is 4.21 Å². The number of rotatable bonds is 0. The van der Waals surface area contributed by atoms with E-state index in [9.17, 15) is 4.21 Å². The van der Waals surface area contributed by atoms with Crippen LogP contribution in [0.5, 0.6) is 0 Å². The Kier molecular flexibility index (Phi) is 2.28. The third kappa shape index (κ3) is 1.78. The summed E-state index contributed by atoms with van der Waals surface area (Å²) in [5, 5.41) is 0. The van der Waals surface area contributed by atoms with Crippen LogP contribution < -0.4 is 0 Å². The molecule has 0 spiro atoms. The Morgan fingerprint density at radius 2 is 2.00 bits per heavy atom. The quantitative estimate of drug-likeness (QED) is 0.505. The molecule has 0 saturated carbocycles. The standard InChI is InChI=1S/C7H14OS/c1-6-3-4-9(8)5-7(6)2/h6-7H,3-5H2,1-2H3. The lowest BCUT2D eigenvalue weighted by molar-refractivity contribution is 0.398. The van der Waals surface area contributed by atoms with Gasteiger partial charge in [0.1, 0.15) is 0 Å². The van der Waals surface area contributed by atoms with E-state index in [4.69, 9.17) is 0 Å². The fourth-order valence-corrected chi connectivity index (χ4v) is 2.86. The van der Waals surface area contributed by atoms with Gasteiger partial charge in [0.15, 0.2) is 0 Å². The first kappa shape index (κ1) is 7.26. The molecule has 1 fully saturated rings. The maximum Gasteiger partial charge on any atom is 0.0263 e. The van der Waals surface area contributed by atoms with Crippen molar-refractivity contribution in [3.05, 3.63) is 0 Å². The van der Waals surface area contributed by atoms with Crippen LogP contribution in [0.1, 0.15) is 20.3 Å². The molecule has 0 bridgehead atoms. The molecule has 9 heavy (non-hydrogen) atoms. The number of hydrogen-bond acceptors (Lipinski definition) is 1. The van der Waals surface area contributed by atoms with Gasteiger partial charge in [0.05, 0.1) is 0 Å². The van der Waals surface area contributed by atoms with Crippen LogP contribution in [0.25, 0.3) is 0 Å². The molecule has 1 heterocycles. The highest BCUT2D eigenvalue weighted by molar-refractivity contribution is 7.85. The summed E-state index contributed by atoms with van der Waals surface area (Å²) in [5.74, 6) is 3.34. The van der Waals surface area contributed by atoms with Crippen LogP contribution in [0.2, 0.25) is 0 Å². The first-order valence-corrected chi connectivity index (χ1v) is 5.04. The molecule has 3 atom stereocenters. The van der Waals surface area contributed by atoms with E-state index in [2.05, 4.69) is 13.8 Å². The Balaban J connectivity index is 2.44. The summed E-state index contributed by atoms with van der Waals surface area (Å²) in [6.45, 7) is 4.45. The molecular weight excluding hydrogens is 132 g/mol. The third-order valence-corrected chi connectivity index (χ3v) is 3.81. The van der Waals surface area contributed by atoms with Crippen molar-refractivity contribution >= 4 is 10.8 Å². The molecule has 0 amide bonds. The second kappa shape index (κ2) is 2.82. The molecule has 54 valence electrons. The van der Waals surface area contributed by atoms with Crippen molar-refractivity contribution in [1.29, 1.82) is 0 Å². The topological polar surface area (TPSA) is 17.1 Å². The molecule has 1 saturated heterocycles. The van der Waals surface area contributed by atoms with Gasteiger partial charge >= 0.3 is 0 Å². The zero-order valence-electron chi connectivity index (χ0n) is 6.09. The molecule has 0 aromatic heterocycles. The SMILES string of the molecule is CC1CCS(=O)CC1C. The van der Waals surface area contributed by atoms with Crippen molar-refractivity contribution in [1.82, 2.24) is 0 Å². The average Bonchev–Trinajstić information content (AvgIpc) is 1.80. The maximum atomic E-state index is 10.9. The highest BCUT2D eigenvalue weighted by Gasteiger charge is 2.20. The molecule has 0 aliphatic carbocycles. The molecule has 0 radical (unpaired) electrons. The van der Waals surface area contributed by atoms with Gasteiger partial charge in [0, 0.05) is 22.3 Å². The molecule has 0 aromatic carbocycles. The molecule has 1 rings (SSSR count). The Morgan fingerprint density at radius 3 is 2.44 bits per heavy atom. The van der Waals surface area contributed by atoms with Crippen molar-refractivity contribution in [3.63, 3.8) is 0 Å². The number of hydrogen-bond donors (Lipinski definition) is 0. The smallest absolute Gasteiger partial charge is 0.0263 e. The highest BCUT2D eigenvalue weighted by Crippen LogP contribution is 2.21.